The van der Waals surface area contributed by atoms with Crippen molar-refractivity contribution in [1.82, 2.24) is 9.88 Å². The number of aromatic nitrogens is 1. The van der Waals surface area contributed by atoms with Crippen LogP contribution in [-0.4, -0.2) is 131 Å². The molecule has 13 atom stereocenters. The molecule has 16 nitrogen and oxygen atoms in total. The number of aliphatic hydroxyl groups is 2. The Balaban J connectivity index is 1.66. The number of nitrogen functional groups attached to an aromatic ring is 1. The van der Waals surface area contributed by atoms with Crippen LogP contribution in [0.25, 0.3) is 10.2 Å². The summed E-state index contributed by atoms with van der Waals surface area (Å²) in [7, 11) is 3.73. The van der Waals surface area contributed by atoms with E-state index >= 15 is 0 Å². The normalized spacial score (nSPS) is 38.2. The number of cyclic esters (lactones) is 1. The highest BCUT2D eigenvalue weighted by Crippen LogP contribution is 2.40. The Hall–Kier alpha value is -3.42. The second-order valence-corrected chi connectivity index (χ2v) is 18.2. The standard InChI is InChI=1S/C42H63N5O11S/c1-12-32-42(9,52)37-23(4)33(44-26(7)48)21(2)17-41(8,54-20-28(19-53-37)46-55-18-27-13-14-29-31(16-27)59-40(43)45-29)36(24(5)34(49)25(6)38(51)57-32)58-39-35(50)30(47(10)11)15-22(3)56-39/h13-14,16,21-25,30,32,35-37,39,50,52H,12,15,17-20H2,1-11H3,(H2,43,45)/b44-33?,46-28+/t21-,22-,23+,24+,25-,30+,32-,35-,36-,37-,39+,41-,42-/m1/s1. The lowest BCUT2D eigenvalue weighted by Crippen LogP contribution is -2.60. The smallest absolute Gasteiger partial charge is 0.316 e. The number of carbonyl (C=O) groups is 3. The van der Waals surface area contributed by atoms with E-state index < -0.39 is 83.2 Å². The third-order valence-electron chi connectivity index (χ3n) is 12.0. The molecule has 4 heterocycles. The summed E-state index contributed by atoms with van der Waals surface area (Å²) in [4.78, 5) is 57.8. The molecule has 3 aliphatic rings. The maximum absolute atomic E-state index is 14.5. The number of ether oxygens (including phenoxy) is 5. The number of fused-ring (bicyclic) bond motifs is 6. The molecule has 3 aliphatic heterocycles. The number of Topliss-reactive ketones (excluding diaryl/α,β-unsaturated/α-hetero) is 1. The van der Waals surface area contributed by atoms with Crippen LogP contribution in [0.5, 0.6) is 0 Å². The van der Waals surface area contributed by atoms with Crippen LogP contribution >= 0.6 is 11.3 Å². The first-order valence-corrected chi connectivity index (χ1v) is 21.3. The first kappa shape index (κ1) is 46.6. The van der Waals surface area contributed by atoms with Crippen molar-refractivity contribution >= 4 is 55.8 Å². The number of aliphatic hydroxyl groups excluding tert-OH is 1. The molecule has 1 aromatic carbocycles. The quantitative estimate of drug-likeness (QED) is 0.201. The zero-order chi connectivity index (χ0) is 43.6. The molecule has 3 saturated heterocycles. The molecule has 4 N–H and O–H groups in total. The minimum absolute atomic E-state index is 0.0870. The second-order valence-electron chi connectivity index (χ2n) is 17.2. The number of esters is 1. The van der Waals surface area contributed by atoms with Gasteiger partial charge >= 0.3 is 5.97 Å². The Bertz CT molecular complexity index is 1890. The van der Waals surface area contributed by atoms with Crippen LogP contribution in [0.3, 0.4) is 0 Å². The fourth-order valence-electron chi connectivity index (χ4n) is 8.88. The number of oxime groups is 1. The van der Waals surface area contributed by atoms with E-state index in [1.165, 1.54) is 32.1 Å². The number of anilines is 1. The number of nitrogens with two attached hydrogens (primary N) is 1. The highest BCUT2D eigenvalue weighted by Gasteiger charge is 2.53. The molecule has 328 valence electrons. The van der Waals surface area contributed by atoms with Crippen LogP contribution in [0.4, 0.5) is 5.13 Å². The molecule has 0 radical (unpaired) electrons. The molecule has 0 unspecified atom stereocenters. The number of likely N-dealkylation sites (N-methyl/N-ethyl adjacent to an activating group) is 1. The van der Waals surface area contributed by atoms with Gasteiger partial charge in [0, 0.05) is 30.5 Å². The van der Waals surface area contributed by atoms with E-state index in [1.54, 1.807) is 27.7 Å². The van der Waals surface area contributed by atoms with Gasteiger partial charge in [0.2, 0.25) is 5.91 Å². The van der Waals surface area contributed by atoms with Gasteiger partial charge in [-0.05, 0) is 84.7 Å². The number of amides is 1. The largest absolute Gasteiger partial charge is 0.459 e. The van der Waals surface area contributed by atoms with Crippen LogP contribution in [0.15, 0.2) is 28.3 Å². The third-order valence-corrected chi connectivity index (χ3v) is 12.9. The molecule has 1 amide bonds. The van der Waals surface area contributed by atoms with E-state index in [0.29, 0.717) is 23.0 Å². The molecule has 3 fully saturated rings. The Kier molecular flexibility index (Phi) is 15.1. The molecule has 2 bridgehead atoms. The van der Waals surface area contributed by atoms with Gasteiger partial charge in [-0.25, -0.2) is 9.98 Å². The van der Waals surface area contributed by atoms with E-state index in [0.717, 1.165) is 15.8 Å². The van der Waals surface area contributed by atoms with Crippen LogP contribution in [0, 0.1) is 23.7 Å². The molecule has 1 aromatic heterocycles. The number of carbonyl (C=O) groups excluding carboxylic acids is 3. The highest BCUT2D eigenvalue weighted by molar-refractivity contribution is 7.22. The van der Waals surface area contributed by atoms with Gasteiger partial charge in [0.15, 0.2) is 17.2 Å². The van der Waals surface area contributed by atoms with Gasteiger partial charge in [-0.3, -0.25) is 14.4 Å². The SMILES string of the molecule is CC[C@H]1OC(=O)[C@H](C)C(=O)[C@H](C)[C@@H](O[C@@H]2O[C@H](C)C[C@H](N(C)C)[C@H]2O)[C@@]2(C)C[C@@H](C)C(=NC(C)=O)[C@H](C)[C@@H](OC/C(=N\OCc3ccc4nc(N)sc4c3)CO2)[C@]1(C)O. The number of benzene rings is 1. The molecule has 2 aromatic rings. The van der Waals surface area contributed by atoms with Gasteiger partial charge in [0.05, 0.1) is 47.3 Å². The average molecular weight is 846 g/mol. The van der Waals surface area contributed by atoms with Crippen molar-refractivity contribution in [2.24, 2.45) is 33.8 Å². The molecular weight excluding hydrogens is 783 g/mol. The Morgan fingerprint density at radius 2 is 1.83 bits per heavy atom. The Morgan fingerprint density at radius 1 is 1.12 bits per heavy atom. The number of thiazole rings is 1. The summed E-state index contributed by atoms with van der Waals surface area (Å²) in [5.41, 5.74) is 4.97. The third kappa shape index (κ3) is 10.6. The van der Waals surface area contributed by atoms with Gasteiger partial charge in [-0.1, -0.05) is 50.3 Å². The fourth-order valence-corrected chi connectivity index (χ4v) is 9.68. The summed E-state index contributed by atoms with van der Waals surface area (Å²) in [5, 5.41) is 29.0. The lowest BCUT2D eigenvalue weighted by Gasteiger charge is -2.47. The van der Waals surface area contributed by atoms with Crippen molar-refractivity contribution in [3.63, 3.8) is 0 Å². The van der Waals surface area contributed by atoms with Crippen molar-refractivity contribution < 1.29 is 53.1 Å². The van der Waals surface area contributed by atoms with Crippen LogP contribution in [0.1, 0.15) is 87.1 Å². The number of hydrogen-bond acceptors (Lipinski definition) is 16. The molecule has 0 spiro atoms. The first-order chi connectivity index (χ1) is 27.7. The second kappa shape index (κ2) is 19.1. The molecule has 59 heavy (non-hydrogen) atoms. The average Bonchev–Trinajstić information content (AvgIpc) is 3.54. The van der Waals surface area contributed by atoms with Crippen molar-refractivity contribution in [2.45, 2.75) is 142 Å². The van der Waals surface area contributed by atoms with Gasteiger partial charge in [-0.15, -0.1) is 0 Å². The van der Waals surface area contributed by atoms with E-state index in [9.17, 15) is 24.6 Å². The Labute approximate surface area is 350 Å². The van der Waals surface area contributed by atoms with Crippen LogP contribution < -0.4 is 5.73 Å². The predicted molar refractivity (Wildman–Crippen MR) is 223 cm³/mol. The number of rotatable bonds is 7. The van der Waals surface area contributed by atoms with Crippen LogP contribution in [-0.2, 0) is 49.5 Å². The molecule has 0 saturated carbocycles. The number of hydrogen-bond donors (Lipinski definition) is 3. The Morgan fingerprint density at radius 3 is 2.49 bits per heavy atom. The van der Waals surface area contributed by atoms with E-state index in [4.69, 9.17) is 34.3 Å². The lowest BCUT2D eigenvalue weighted by molar-refractivity contribution is -0.296. The minimum Gasteiger partial charge on any atom is -0.459 e. The summed E-state index contributed by atoms with van der Waals surface area (Å²) in [5.74, 6) is -5.32. The van der Waals surface area contributed by atoms with Gasteiger partial charge in [-0.2, -0.15) is 0 Å². The van der Waals surface area contributed by atoms with Gasteiger partial charge < -0.3 is 49.4 Å². The molecule has 0 aliphatic carbocycles. The summed E-state index contributed by atoms with van der Waals surface area (Å²) in [6, 6.07) is 5.33. The van der Waals surface area contributed by atoms with Crippen molar-refractivity contribution in [2.75, 3.05) is 33.0 Å². The summed E-state index contributed by atoms with van der Waals surface area (Å²) >= 11 is 1.36. The minimum atomic E-state index is -1.85. The zero-order valence-electron chi connectivity index (χ0n) is 36.2. The maximum atomic E-state index is 14.5. The predicted octanol–water partition coefficient (Wildman–Crippen LogP) is 4.31. The van der Waals surface area contributed by atoms with E-state index in [1.807, 2.05) is 51.0 Å². The zero-order valence-corrected chi connectivity index (χ0v) is 37.0. The van der Waals surface area contributed by atoms with Gasteiger partial charge in [0.1, 0.15) is 36.0 Å². The monoisotopic (exact) mass is 845 g/mol. The molecule has 5 rings (SSSR count). The van der Waals surface area contributed by atoms with Crippen molar-refractivity contribution in [1.29, 1.82) is 0 Å². The van der Waals surface area contributed by atoms with Crippen molar-refractivity contribution in [3.05, 3.63) is 23.8 Å². The summed E-state index contributed by atoms with van der Waals surface area (Å²) in [6.07, 6.45) is -5.12. The summed E-state index contributed by atoms with van der Waals surface area (Å²) in [6.45, 7) is 14.8. The number of ketones is 1. The number of aliphatic imine (C=N–C) groups is 1. The molecule has 17 heteroatoms. The topological polar surface area (TPSA) is 214 Å². The summed E-state index contributed by atoms with van der Waals surface area (Å²) < 4.78 is 33.4. The van der Waals surface area contributed by atoms with Crippen molar-refractivity contribution in [3.8, 4) is 0 Å². The molecular formula is C42H63N5O11S. The van der Waals surface area contributed by atoms with Gasteiger partial charge in [0.25, 0.3) is 0 Å². The van der Waals surface area contributed by atoms with Crippen LogP contribution in [0.2, 0.25) is 0 Å². The number of nitrogens with zero attached hydrogens (tertiary/aromatic N) is 4. The van der Waals surface area contributed by atoms with E-state index in [2.05, 4.69) is 15.1 Å². The highest BCUT2D eigenvalue weighted by atomic mass is 32.1. The first-order valence-electron chi connectivity index (χ1n) is 20.5. The lowest BCUT2D eigenvalue weighted by atomic mass is 9.73. The maximum Gasteiger partial charge on any atom is 0.316 e. The van der Waals surface area contributed by atoms with E-state index in [-0.39, 0.29) is 44.8 Å². The fraction of sp³-hybridized carbons (Fsp3) is 0.714.